The Labute approximate surface area is 89.1 Å². The van der Waals surface area contributed by atoms with Crippen LogP contribution < -0.4 is 0 Å². The molecule has 1 aliphatic rings. The van der Waals surface area contributed by atoms with Gasteiger partial charge in [-0.3, -0.25) is 0 Å². The maximum absolute atomic E-state index is 2.35. The predicted molar refractivity (Wildman–Crippen MR) is 64.1 cm³/mol. The van der Waals surface area contributed by atoms with Crippen molar-refractivity contribution in [3.05, 3.63) is 30.2 Å². The highest BCUT2D eigenvalue weighted by Crippen LogP contribution is 2.16. The first-order valence-electron chi connectivity index (χ1n) is 6.12. The van der Waals surface area contributed by atoms with Crippen molar-refractivity contribution in [2.24, 2.45) is 0 Å². The number of rotatable bonds is 7. The number of hydrogen-bond donors (Lipinski definition) is 0. The molecule has 0 aromatic heterocycles. The molecule has 14 heavy (non-hydrogen) atoms. The van der Waals surface area contributed by atoms with E-state index >= 15 is 0 Å². The Balaban J connectivity index is 1.93. The van der Waals surface area contributed by atoms with Gasteiger partial charge in [0.05, 0.1) is 0 Å². The van der Waals surface area contributed by atoms with Crippen molar-refractivity contribution in [1.29, 1.82) is 0 Å². The number of unbranched alkanes of at least 4 members (excludes halogenated alkanes) is 5. The highest BCUT2D eigenvalue weighted by Gasteiger charge is 1.97. The van der Waals surface area contributed by atoms with Crippen LogP contribution in [0.5, 0.6) is 0 Å². The summed E-state index contributed by atoms with van der Waals surface area (Å²) < 4.78 is 0. The van der Waals surface area contributed by atoms with Crippen LogP contribution in [-0.2, 0) is 0 Å². The van der Waals surface area contributed by atoms with E-state index in [-0.39, 0.29) is 0 Å². The molecule has 1 rings (SSSR count). The Hall–Kier alpha value is -0.520. The molecule has 0 unspecified atom stereocenters. The van der Waals surface area contributed by atoms with Gasteiger partial charge in [0.1, 0.15) is 0 Å². The van der Waals surface area contributed by atoms with Gasteiger partial charge in [0, 0.05) is 0 Å². The van der Waals surface area contributed by atoms with Gasteiger partial charge >= 0.3 is 0 Å². The van der Waals surface area contributed by atoms with E-state index < -0.39 is 0 Å². The van der Waals surface area contributed by atoms with Gasteiger partial charge in [-0.1, -0.05) is 62.8 Å². The van der Waals surface area contributed by atoms with Crippen molar-refractivity contribution in [2.75, 3.05) is 0 Å². The lowest BCUT2D eigenvalue weighted by atomic mass is 10.0. The second-order valence-corrected chi connectivity index (χ2v) is 4.13. The van der Waals surface area contributed by atoms with Gasteiger partial charge in [-0.25, -0.2) is 0 Å². The molecule has 0 saturated heterocycles. The average molecular weight is 191 g/mol. The minimum Gasteiger partial charge on any atom is -0.0807 e. The highest BCUT2D eigenvalue weighted by atomic mass is 14.0. The molecule has 0 heterocycles. The SMILES string of the molecule is CCCCCCCCC1=CC[CH]C=C1. The number of allylic oxidation sites excluding steroid dienone is 4. The molecule has 0 nitrogen and oxygen atoms in total. The molecular formula is C14H23. The molecule has 0 fully saturated rings. The zero-order valence-electron chi connectivity index (χ0n) is 9.47. The van der Waals surface area contributed by atoms with E-state index in [0.29, 0.717) is 0 Å². The van der Waals surface area contributed by atoms with Gasteiger partial charge in [0.15, 0.2) is 0 Å². The summed E-state index contributed by atoms with van der Waals surface area (Å²) >= 11 is 0. The molecule has 0 aliphatic heterocycles. The lowest BCUT2D eigenvalue weighted by Gasteiger charge is -2.06. The lowest BCUT2D eigenvalue weighted by molar-refractivity contribution is 0.608. The van der Waals surface area contributed by atoms with Crippen LogP contribution in [-0.4, -0.2) is 0 Å². The molecule has 79 valence electrons. The standard InChI is InChI=1S/C14H23/c1-2-3-4-5-6-8-11-14-12-9-7-10-13-14/h7,9,12-13H,2-6,8,10-11H2,1H3. The average Bonchev–Trinajstić information content (AvgIpc) is 2.25. The maximum atomic E-state index is 2.35. The first-order chi connectivity index (χ1) is 6.93. The van der Waals surface area contributed by atoms with E-state index in [2.05, 4.69) is 31.6 Å². The van der Waals surface area contributed by atoms with Crippen molar-refractivity contribution < 1.29 is 0 Å². The Bertz CT molecular complexity index is 186. The van der Waals surface area contributed by atoms with Crippen LogP contribution in [0.15, 0.2) is 23.8 Å². The van der Waals surface area contributed by atoms with Gasteiger partial charge in [-0.15, -0.1) is 0 Å². The molecule has 0 aromatic rings. The fraction of sp³-hybridized carbons (Fsp3) is 0.643. The third kappa shape index (κ3) is 5.26. The highest BCUT2D eigenvalue weighted by molar-refractivity contribution is 5.26. The van der Waals surface area contributed by atoms with Crippen LogP contribution in [0.25, 0.3) is 0 Å². The van der Waals surface area contributed by atoms with Crippen LogP contribution in [0.4, 0.5) is 0 Å². The molecule has 0 saturated carbocycles. The second-order valence-electron chi connectivity index (χ2n) is 4.13. The van der Waals surface area contributed by atoms with Crippen LogP contribution >= 0.6 is 0 Å². The van der Waals surface area contributed by atoms with Crippen molar-refractivity contribution in [3.63, 3.8) is 0 Å². The van der Waals surface area contributed by atoms with Crippen molar-refractivity contribution >= 4 is 0 Å². The Morgan fingerprint density at radius 2 is 1.86 bits per heavy atom. The molecule has 0 heteroatoms. The minimum absolute atomic E-state index is 1.14. The summed E-state index contributed by atoms with van der Waals surface area (Å²) in [5, 5.41) is 0. The fourth-order valence-electron chi connectivity index (χ4n) is 1.85. The van der Waals surface area contributed by atoms with Crippen LogP contribution in [0, 0.1) is 6.42 Å². The third-order valence-corrected chi connectivity index (χ3v) is 2.78. The summed E-state index contributed by atoms with van der Waals surface area (Å²) in [6, 6.07) is 0. The van der Waals surface area contributed by atoms with E-state index in [1.54, 1.807) is 5.57 Å². The number of hydrogen-bond acceptors (Lipinski definition) is 0. The van der Waals surface area contributed by atoms with Gasteiger partial charge in [-0.2, -0.15) is 0 Å². The maximum Gasteiger partial charge on any atom is -0.0129 e. The normalized spacial score (nSPS) is 15.6. The van der Waals surface area contributed by atoms with Crippen molar-refractivity contribution in [3.8, 4) is 0 Å². The topological polar surface area (TPSA) is 0 Å². The third-order valence-electron chi connectivity index (χ3n) is 2.78. The molecule has 0 bridgehead atoms. The van der Waals surface area contributed by atoms with Crippen LogP contribution in [0.1, 0.15) is 58.3 Å². The van der Waals surface area contributed by atoms with E-state index in [1.165, 1.54) is 44.9 Å². The van der Waals surface area contributed by atoms with Crippen LogP contribution in [0.3, 0.4) is 0 Å². The fourth-order valence-corrected chi connectivity index (χ4v) is 1.85. The molecule has 1 aliphatic carbocycles. The molecule has 0 amide bonds. The first kappa shape index (κ1) is 11.6. The van der Waals surface area contributed by atoms with Gasteiger partial charge < -0.3 is 0 Å². The quantitative estimate of drug-likeness (QED) is 0.506. The van der Waals surface area contributed by atoms with Gasteiger partial charge in [-0.05, 0) is 25.7 Å². The van der Waals surface area contributed by atoms with Crippen molar-refractivity contribution in [2.45, 2.75) is 58.3 Å². The zero-order valence-corrected chi connectivity index (χ0v) is 9.47. The summed E-state index contributed by atoms with van der Waals surface area (Å²) in [6.07, 6.45) is 19.9. The van der Waals surface area contributed by atoms with Gasteiger partial charge in [0.2, 0.25) is 0 Å². The van der Waals surface area contributed by atoms with E-state index in [4.69, 9.17) is 0 Å². The van der Waals surface area contributed by atoms with Crippen LogP contribution in [0.2, 0.25) is 0 Å². The molecule has 1 radical (unpaired) electrons. The van der Waals surface area contributed by atoms with Crippen molar-refractivity contribution in [1.82, 2.24) is 0 Å². The molecule has 0 spiro atoms. The summed E-state index contributed by atoms with van der Waals surface area (Å²) in [7, 11) is 0. The monoisotopic (exact) mass is 191 g/mol. The van der Waals surface area contributed by atoms with E-state index in [1.807, 2.05) is 0 Å². The lowest BCUT2D eigenvalue weighted by Crippen LogP contribution is -1.86. The minimum atomic E-state index is 1.14. The molecule has 0 N–H and O–H groups in total. The Kier molecular flexibility index (Phi) is 6.47. The summed E-state index contributed by atoms with van der Waals surface area (Å²) in [5.74, 6) is 0. The molecule has 0 aromatic carbocycles. The molecular weight excluding hydrogens is 168 g/mol. The van der Waals surface area contributed by atoms with E-state index in [0.717, 1.165) is 6.42 Å². The zero-order chi connectivity index (χ0) is 10.1. The summed E-state index contributed by atoms with van der Waals surface area (Å²) in [5.41, 5.74) is 1.54. The van der Waals surface area contributed by atoms with E-state index in [9.17, 15) is 0 Å². The molecule has 0 atom stereocenters. The Morgan fingerprint density at radius 3 is 2.57 bits per heavy atom. The predicted octanol–water partition coefficient (Wildman–Crippen LogP) is 4.83. The summed E-state index contributed by atoms with van der Waals surface area (Å²) in [6.45, 7) is 2.27. The first-order valence-corrected chi connectivity index (χ1v) is 6.12. The van der Waals surface area contributed by atoms with Gasteiger partial charge in [0.25, 0.3) is 0 Å². The largest absolute Gasteiger partial charge is 0.0807 e. The summed E-state index contributed by atoms with van der Waals surface area (Å²) in [4.78, 5) is 0. The smallest absolute Gasteiger partial charge is 0.0129 e. The Morgan fingerprint density at radius 1 is 1.07 bits per heavy atom. The second kappa shape index (κ2) is 7.84.